The van der Waals surface area contributed by atoms with Gasteiger partial charge in [0, 0.05) is 12.1 Å². The molecule has 0 amide bonds. The predicted molar refractivity (Wildman–Crippen MR) is 74.2 cm³/mol. The molecule has 5 heteroatoms. The molecule has 2 N–H and O–H groups in total. The zero-order valence-corrected chi connectivity index (χ0v) is 12.1. The van der Waals surface area contributed by atoms with Gasteiger partial charge in [0.1, 0.15) is 0 Å². The van der Waals surface area contributed by atoms with E-state index >= 15 is 0 Å². The van der Waals surface area contributed by atoms with E-state index in [1.165, 1.54) is 17.8 Å². The number of nitrogens with one attached hydrogen (secondary N) is 1. The second-order valence-corrected chi connectivity index (χ2v) is 6.91. The maximum absolute atomic E-state index is 9.92. The van der Waals surface area contributed by atoms with Crippen molar-refractivity contribution in [3.8, 4) is 0 Å². The van der Waals surface area contributed by atoms with Crippen LogP contribution in [0.5, 0.6) is 0 Å². The fourth-order valence-corrected chi connectivity index (χ4v) is 4.01. The number of rotatable bonds is 3. The molecular weight excluding hydrogens is 277 g/mol. The first kappa shape index (κ1) is 13.6. The second kappa shape index (κ2) is 5.89. The Hall–Kier alpha value is 0.200. The molecule has 1 aliphatic carbocycles. The number of aliphatic hydroxyl groups is 1. The Bertz CT molecular complexity index is 383. The van der Waals surface area contributed by atoms with Gasteiger partial charge in [-0.1, -0.05) is 36.0 Å². The van der Waals surface area contributed by atoms with Crippen LogP contribution in [0.4, 0.5) is 0 Å². The zero-order chi connectivity index (χ0) is 12.4. The van der Waals surface area contributed by atoms with Crippen molar-refractivity contribution in [3.05, 3.63) is 20.3 Å². The van der Waals surface area contributed by atoms with Gasteiger partial charge in [0.2, 0.25) is 0 Å². The van der Waals surface area contributed by atoms with Crippen LogP contribution in [0.15, 0.2) is 6.07 Å². The highest BCUT2D eigenvalue weighted by atomic mass is 35.5. The summed E-state index contributed by atoms with van der Waals surface area (Å²) in [5, 5.41) is 13.4. The van der Waals surface area contributed by atoms with Crippen LogP contribution < -0.4 is 5.32 Å². The van der Waals surface area contributed by atoms with E-state index in [1.807, 2.05) is 6.07 Å². The molecule has 17 heavy (non-hydrogen) atoms. The molecule has 96 valence electrons. The molecule has 2 nitrogen and oxygen atoms in total. The Morgan fingerprint density at radius 2 is 2.12 bits per heavy atom. The van der Waals surface area contributed by atoms with Crippen LogP contribution in [-0.4, -0.2) is 17.3 Å². The lowest BCUT2D eigenvalue weighted by atomic mass is 9.92. The fraction of sp³-hybridized carbons (Fsp3) is 0.667. The third-order valence-corrected chi connectivity index (χ3v) is 4.86. The van der Waals surface area contributed by atoms with Gasteiger partial charge >= 0.3 is 0 Å². The lowest BCUT2D eigenvalue weighted by Gasteiger charge is -2.31. The van der Waals surface area contributed by atoms with Crippen LogP contribution in [0.1, 0.15) is 44.2 Å². The van der Waals surface area contributed by atoms with Crippen molar-refractivity contribution < 1.29 is 5.11 Å². The Balaban J connectivity index is 2.00. The average molecular weight is 294 g/mol. The maximum Gasteiger partial charge on any atom is 0.0991 e. The zero-order valence-electron chi connectivity index (χ0n) is 9.75. The molecule has 1 heterocycles. The average Bonchev–Trinajstić information content (AvgIpc) is 2.61. The Labute approximate surface area is 116 Å². The Kier molecular flexibility index (Phi) is 4.72. The Morgan fingerprint density at radius 1 is 1.41 bits per heavy atom. The number of halogens is 2. The van der Waals surface area contributed by atoms with Crippen LogP contribution >= 0.6 is 34.5 Å². The van der Waals surface area contributed by atoms with Crippen molar-refractivity contribution >= 4 is 34.5 Å². The first-order valence-electron chi connectivity index (χ1n) is 5.96. The second-order valence-electron chi connectivity index (χ2n) is 4.63. The van der Waals surface area contributed by atoms with E-state index in [0.717, 1.165) is 29.2 Å². The summed E-state index contributed by atoms with van der Waals surface area (Å²) in [6, 6.07) is 2.21. The van der Waals surface area contributed by atoms with Crippen LogP contribution in [0.2, 0.25) is 8.67 Å². The molecule has 3 atom stereocenters. The van der Waals surface area contributed by atoms with Gasteiger partial charge in [-0.25, -0.2) is 0 Å². The predicted octanol–water partition coefficient (Wildman–Crippen LogP) is 4.01. The van der Waals surface area contributed by atoms with Gasteiger partial charge in [-0.2, -0.15) is 0 Å². The lowest BCUT2D eigenvalue weighted by Crippen LogP contribution is -2.43. The molecule has 1 fully saturated rings. The molecule has 0 aliphatic heterocycles. The third kappa shape index (κ3) is 3.36. The molecule has 3 unspecified atom stereocenters. The van der Waals surface area contributed by atoms with E-state index in [-0.39, 0.29) is 18.2 Å². The van der Waals surface area contributed by atoms with Gasteiger partial charge in [-0.15, -0.1) is 11.3 Å². The van der Waals surface area contributed by atoms with Gasteiger partial charge in [0.05, 0.1) is 14.8 Å². The summed E-state index contributed by atoms with van der Waals surface area (Å²) in [4.78, 5) is 0. The van der Waals surface area contributed by atoms with E-state index in [2.05, 4.69) is 12.2 Å². The summed E-state index contributed by atoms with van der Waals surface area (Å²) in [5.74, 6) is 0. The van der Waals surface area contributed by atoms with Gasteiger partial charge in [0.25, 0.3) is 0 Å². The highest BCUT2D eigenvalue weighted by Crippen LogP contribution is 2.35. The van der Waals surface area contributed by atoms with E-state index in [4.69, 9.17) is 23.2 Å². The summed E-state index contributed by atoms with van der Waals surface area (Å²) in [6.45, 7) is 2.06. The molecule has 1 saturated carbocycles. The minimum atomic E-state index is -0.237. The van der Waals surface area contributed by atoms with Gasteiger partial charge in [0.15, 0.2) is 0 Å². The first-order chi connectivity index (χ1) is 8.08. The molecule has 0 spiro atoms. The van der Waals surface area contributed by atoms with Crippen molar-refractivity contribution in [1.29, 1.82) is 0 Å². The molecule has 0 aromatic carbocycles. The Morgan fingerprint density at radius 3 is 2.71 bits per heavy atom. The highest BCUT2D eigenvalue weighted by molar-refractivity contribution is 7.20. The lowest BCUT2D eigenvalue weighted by molar-refractivity contribution is 0.0860. The fourth-order valence-electron chi connectivity index (χ4n) is 2.36. The third-order valence-electron chi connectivity index (χ3n) is 3.34. The van der Waals surface area contributed by atoms with Crippen LogP contribution in [0, 0.1) is 0 Å². The van der Waals surface area contributed by atoms with E-state index in [1.54, 1.807) is 0 Å². The minimum Gasteiger partial charge on any atom is -0.392 e. The summed E-state index contributed by atoms with van der Waals surface area (Å²) in [7, 11) is 0. The van der Waals surface area contributed by atoms with Crippen molar-refractivity contribution in [3.63, 3.8) is 0 Å². The standard InChI is InChI=1S/C12H17Cl2NOS/c1-7(8-6-11(13)17-12(8)14)15-9-4-2-3-5-10(9)16/h6-7,9-10,15-16H,2-5H2,1H3. The molecular formula is C12H17Cl2NOS. The largest absolute Gasteiger partial charge is 0.392 e. The molecule has 1 aromatic heterocycles. The SMILES string of the molecule is CC(NC1CCCCC1O)c1cc(Cl)sc1Cl. The first-order valence-corrected chi connectivity index (χ1v) is 7.54. The number of thiophene rings is 1. The van der Waals surface area contributed by atoms with E-state index in [9.17, 15) is 5.11 Å². The van der Waals surface area contributed by atoms with Gasteiger partial charge in [-0.3, -0.25) is 0 Å². The summed E-state index contributed by atoms with van der Waals surface area (Å²) >= 11 is 13.5. The van der Waals surface area contributed by atoms with Crippen molar-refractivity contribution in [2.75, 3.05) is 0 Å². The number of aliphatic hydroxyl groups excluding tert-OH is 1. The topological polar surface area (TPSA) is 32.3 Å². The van der Waals surface area contributed by atoms with Crippen molar-refractivity contribution in [2.45, 2.75) is 50.8 Å². The van der Waals surface area contributed by atoms with Crippen molar-refractivity contribution in [2.24, 2.45) is 0 Å². The number of hydrogen-bond acceptors (Lipinski definition) is 3. The van der Waals surface area contributed by atoms with Crippen LogP contribution in [0.25, 0.3) is 0 Å². The molecule has 1 aromatic rings. The molecule has 2 rings (SSSR count). The molecule has 0 saturated heterocycles. The van der Waals surface area contributed by atoms with E-state index < -0.39 is 0 Å². The van der Waals surface area contributed by atoms with Crippen LogP contribution in [-0.2, 0) is 0 Å². The quantitative estimate of drug-likeness (QED) is 0.883. The summed E-state index contributed by atoms with van der Waals surface area (Å²) in [5.41, 5.74) is 1.03. The highest BCUT2D eigenvalue weighted by Gasteiger charge is 2.25. The van der Waals surface area contributed by atoms with E-state index in [0.29, 0.717) is 4.34 Å². The monoisotopic (exact) mass is 293 g/mol. The molecule has 0 radical (unpaired) electrons. The summed E-state index contributed by atoms with van der Waals surface area (Å²) in [6.07, 6.45) is 3.99. The van der Waals surface area contributed by atoms with Gasteiger partial charge < -0.3 is 10.4 Å². The molecule has 1 aliphatic rings. The summed E-state index contributed by atoms with van der Waals surface area (Å²) < 4.78 is 1.45. The normalized spacial score (nSPS) is 27.1. The molecule has 0 bridgehead atoms. The minimum absolute atomic E-state index is 0.129. The van der Waals surface area contributed by atoms with Gasteiger partial charge in [-0.05, 0) is 31.4 Å². The number of hydrogen-bond donors (Lipinski definition) is 2. The smallest absolute Gasteiger partial charge is 0.0991 e. The maximum atomic E-state index is 9.92. The van der Waals surface area contributed by atoms with Crippen LogP contribution in [0.3, 0.4) is 0 Å². The van der Waals surface area contributed by atoms with Crippen molar-refractivity contribution in [1.82, 2.24) is 5.32 Å².